The van der Waals surface area contributed by atoms with Gasteiger partial charge >= 0.3 is 12.1 Å². The number of amides is 2. The molecule has 1 heterocycles. The summed E-state index contributed by atoms with van der Waals surface area (Å²) in [7, 11) is 0. The summed E-state index contributed by atoms with van der Waals surface area (Å²) >= 11 is 0. The quantitative estimate of drug-likeness (QED) is 0.735. The Morgan fingerprint density at radius 3 is 2.35 bits per heavy atom. The van der Waals surface area contributed by atoms with E-state index in [-0.39, 0.29) is 17.9 Å². The molecular weight excluding hydrogens is 396 g/mol. The summed E-state index contributed by atoms with van der Waals surface area (Å²) in [5, 5.41) is 4.79. The third kappa shape index (κ3) is 5.96. The van der Waals surface area contributed by atoms with Crippen LogP contribution in [0.5, 0.6) is 0 Å². The second-order valence-electron chi connectivity index (χ2n) is 8.84. The molecule has 0 saturated carbocycles. The Kier molecular flexibility index (Phi) is 6.83. The highest BCUT2D eigenvalue weighted by Gasteiger charge is 2.32. The first kappa shape index (κ1) is 22.6. The summed E-state index contributed by atoms with van der Waals surface area (Å²) in [5.41, 5.74) is 0.122. The van der Waals surface area contributed by atoms with Crippen molar-refractivity contribution >= 4 is 34.4 Å². The lowest BCUT2D eigenvalue weighted by Crippen LogP contribution is -2.43. The van der Waals surface area contributed by atoms with Gasteiger partial charge in [0.1, 0.15) is 5.60 Å². The molecule has 0 bridgehead atoms. The van der Waals surface area contributed by atoms with Crippen molar-refractivity contribution in [3.05, 3.63) is 42.5 Å². The molecule has 0 aromatic heterocycles. The fourth-order valence-electron chi connectivity index (χ4n) is 3.52. The molecule has 0 spiro atoms. The molecule has 1 atom stereocenters. The number of hydrogen-bond acceptors (Lipinski definition) is 5. The molecule has 1 aliphatic heterocycles. The molecule has 3 rings (SSSR count). The highest BCUT2D eigenvalue weighted by molar-refractivity contribution is 6.03. The zero-order valence-electron chi connectivity index (χ0n) is 18.5. The van der Waals surface area contributed by atoms with E-state index in [4.69, 9.17) is 9.47 Å². The molecule has 166 valence electrons. The molecule has 2 aromatic carbocycles. The van der Waals surface area contributed by atoms with Gasteiger partial charge in [-0.1, -0.05) is 36.4 Å². The number of fused-ring (bicyclic) bond motifs is 1. The molecule has 2 aromatic rings. The lowest BCUT2D eigenvalue weighted by Gasteiger charge is -2.32. The number of piperidine rings is 1. The molecule has 2 amide bonds. The fraction of sp³-hybridized carbons (Fsp3) is 0.458. The second kappa shape index (κ2) is 9.37. The van der Waals surface area contributed by atoms with Crippen LogP contribution in [0.3, 0.4) is 0 Å². The van der Waals surface area contributed by atoms with Gasteiger partial charge in [0.25, 0.3) is 5.91 Å². The van der Waals surface area contributed by atoms with Crippen LogP contribution in [-0.4, -0.2) is 47.7 Å². The van der Waals surface area contributed by atoms with Crippen LogP contribution in [0.15, 0.2) is 42.5 Å². The summed E-state index contributed by atoms with van der Waals surface area (Å²) in [5.74, 6) is -1.13. The Morgan fingerprint density at radius 1 is 1.03 bits per heavy atom. The third-order valence-corrected chi connectivity index (χ3v) is 5.19. The average molecular weight is 427 g/mol. The van der Waals surface area contributed by atoms with Crippen molar-refractivity contribution in [3.8, 4) is 0 Å². The number of benzene rings is 2. The second-order valence-corrected chi connectivity index (χ2v) is 8.84. The van der Waals surface area contributed by atoms with Crippen LogP contribution in [-0.2, 0) is 19.1 Å². The molecule has 31 heavy (non-hydrogen) atoms. The van der Waals surface area contributed by atoms with Crippen LogP contribution in [0.4, 0.5) is 10.5 Å². The topological polar surface area (TPSA) is 84.9 Å². The van der Waals surface area contributed by atoms with E-state index in [0.717, 1.165) is 10.8 Å². The van der Waals surface area contributed by atoms with Crippen molar-refractivity contribution < 1.29 is 23.9 Å². The zero-order chi connectivity index (χ0) is 22.6. The molecule has 1 fully saturated rings. The number of anilines is 1. The van der Waals surface area contributed by atoms with Gasteiger partial charge in [-0.3, -0.25) is 9.59 Å². The van der Waals surface area contributed by atoms with Crippen LogP contribution in [0.25, 0.3) is 10.8 Å². The Balaban J connectivity index is 1.51. The highest BCUT2D eigenvalue weighted by atomic mass is 16.6. The SMILES string of the molecule is C[C@@H](OC(=O)C1CCN(C(=O)OC(C)(C)C)CC1)C(=O)Nc1cccc2ccccc12. The number of rotatable bonds is 4. The molecule has 0 aliphatic carbocycles. The number of nitrogens with zero attached hydrogens (tertiary/aromatic N) is 1. The molecule has 7 nitrogen and oxygen atoms in total. The smallest absolute Gasteiger partial charge is 0.410 e. The van der Waals surface area contributed by atoms with Gasteiger partial charge in [-0.15, -0.1) is 0 Å². The van der Waals surface area contributed by atoms with E-state index in [1.165, 1.54) is 0 Å². The van der Waals surface area contributed by atoms with Crippen molar-refractivity contribution in [2.75, 3.05) is 18.4 Å². The zero-order valence-corrected chi connectivity index (χ0v) is 18.5. The maximum Gasteiger partial charge on any atom is 0.410 e. The molecular formula is C24H30N2O5. The van der Waals surface area contributed by atoms with E-state index in [1.54, 1.807) is 11.8 Å². The number of carbonyl (C=O) groups excluding carboxylic acids is 3. The molecule has 1 saturated heterocycles. The van der Waals surface area contributed by atoms with Crippen LogP contribution >= 0.6 is 0 Å². The number of carbonyl (C=O) groups is 3. The van der Waals surface area contributed by atoms with Gasteiger partial charge in [-0.05, 0) is 52.0 Å². The predicted octanol–water partition coefficient (Wildman–Crippen LogP) is 4.36. The molecule has 1 N–H and O–H groups in total. The summed E-state index contributed by atoms with van der Waals surface area (Å²) in [4.78, 5) is 38.9. The fourth-order valence-corrected chi connectivity index (χ4v) is 3.52. The highest BCUT2D eigenvalue weighted by Crippen LogP contribution is 2.24. The summed E-state index contributed by atoms with van der Waals surface area (Å²) in [6.45, 7) is 7.86. The molecule has 7 heteroatoms. The van der Waals surface area contributed by atoms with E-state index in [0.29, 0.717) is 31.6 Å². The van der Waals surface area contributed by atoms with Crippen molar-refractivity contribution in [3.63, 3.8) is 0 Å². The van der Waals surface area contributed by atoms with Gasteiger partial charge in [-0.25, -0.2) is 4.79 Å². The van der Waals surface area contributed by atoms with Crippen LogP contribution in [0.1, 0.15) is 40.5 Å². The van der Waals surface area contributed by atoms with Crippen molar-refractivity contribution in [1.82, 2.24) is 4.90 Å². The first-order valence-corrected chi connectivity index (χ1v) is 10.6. The third-order valence-electron chi connectivity index (χ3n) is 5.19. The van der Waals surface area contributed by atoms with E-state index in [9.17, 15) is 14.4 Å². The number of hydrogen-bond donors (Lipinski definition) is 1. The Bertz CT molecular complexity index is 953. The predicted molar refractivity (Wildman–Crippen MR) is 119 cm³/mol. The lowest BCUT2D eigenvalue weighted by atomic mass is 9.97. The number of ether oxygens (including phenoxy) is 2. The molecule has 1 aliphatic rings. The van der Waals surface area contributed by atoms with E-state index in [1.807, 2.05) is 63.2 Å². The standard InChI is InChI=1S/C24H30N2O5/c1-16(21(27)25-20-11-7-9-17-8-5-6-10-19(17)20)30-22(28)18-12-14-26(15-13-18)23(29)31-24(2,3)4/h5-11,16,18H,12-15H2,1-4H3,(H,25,27)/t16-/m1/s1. The minimum absolute atomic E-state index is 0.341. The molecule has 0 radical (unpaired) electrons. The van der Waals surface area contributed by atoms with Gasteiger partial charge in [0, 0.05) is 24.2 Å². The van der Waals surface area contributed by atoms with E-state index >= 15 is 0 Å². The Morgan fingerprint density at radius 2 is 1.68 bits per heavy atom. The average Bonchev–Trinajstić information content (AvgIpc) is 2.72. The van der Waals surface area contributed by atoms with Crippen LogP contribution in [0, 0.1) is 5.92 Å². The van der Waals surface area contributed by atoms with E-state index < -0.39 is 17.7 Å². The Labute approximate surface area is 182 Å². The van der Waals surface area contributed by atoms with Gasteiger partial charge in [0.05, 0.1) is 5.92 Å². The van der Waals surface area contributed by atoms with Crippen molar-refractivity contribution in [2.24, 2.45) is 5.92 Å². The van der Waals surface area contributed by atoms with Gasteiger partial charge in [-0.2, -0.15) is 0 Å². The van der Waals surface area contributed by atoms with Crippen LogP contribution < -0.4 is 5.32 Å². The number of likely N-dealkylation sites (tertiary alicyclic amines) is 1. The van der Waals surface area contributed by atoms with Crippen molar-refractivity contribution in [2.45, 2.75) is 52.2 Å². The molecule has 0 unspecified atom stereocenters. The first-order chi connectivity index (χ1) is 14.6. The maximum atomic E-state index is 12.6. The monoisotopic (exact) mass is 426 g/mol. The summed E-state index contributed by atoms with van der Waals surface area (Å²) in [6, 6.07) is 13.4. The normalized spacial score (nSPS) is 15.9. The van der Waals surface area contributed by atoms with Crippen molar-refractivity contribution in [1.29, 1.82) is 0 Å². The lowest BCUT2D eigenvalue weighted by molar-refractivity contribution is -0.158. The first-order valence-electron chi connectivity index (χ1n) is 10.6. The Hall–Kier alpha value is -3.09. The minimum atomic E-state index is -0.921. The van der Waals surface area contributed by atoms with Gasteiger partial charge < -0.3 is 19.7 Å². The largest absolute Gasteiger partial charge is 0.452 e. The maximum absolute atomic E-state index is 12.6. The minimum Gasteiger partial charge on any atom is -0.452 e. The summed E-state index contributed by atoms with van der Waals surface area (Å²) < 4.78 is 10.8. The van der Waals surface area contributed by atoms with E-state index in [2.05, 4.69) is 5.32 Å². The van der Waals surface area contributed by atoms with Gasteiger partial charge in [0.15, 0.2) is 6.10 Å². The summed E-state index contributed by atoms with van der Waals surface area (Å²) in [6.07, 6.45) is -0.330. The van der Waals surface area contributed by atoms with Crippen LogP contribution in [0.2, 0.25) is 0 Å². The number of esters is 1. The number of nitrogens with one attached hydrogen (secondary N) is 1. The van der Waals surface area contributed by atoms with Gasteiger partial charge in [0.2, 0.25) is 0 Å².